The van der Waals surface area contributed by atoms with Gasteiger partial charge in [-0.3, -0.25) is 4.79 Å². The van der Waals surface area contributed by atoms with Gasteiger partial charge in [0.25, 0.3) is 0 Å². The molecule has 6 nitrogen and oxygen atoms in total. The molecule has 2 heterocycles. The molecular formula is C16H16N4O2S. The third kappa shape index (κ3) is 3.01. The number of carbonyl (C=O) groups excluding carboxylic acids is 1. The first-order chi connectivity index (χ1) is 11.1. The van der Waals surface area contributed by atoms with Crippen molar-refractivity contribution < 1.29 is 9.00 Å². The topological polar surface area (TPSA) is 78.1 Å². The van der Waals surface area contributed by atoms with Crippen molar-refractivity contribution in [2.24, 2.45) is 0 Å². The number of hydrogen-bond acceptors (Lipinski definition) is 3. The lowest BCUT2D eigenvalue weighted by molar-refractivity contribution is -0.105. The first-order valence-corrected chi connectivity index (χ1v) is 8.08. The summed E-state index contributed by atoms with van der Waals surface area (Å²) in [6.45, 7) is 0. The lowest BCUT2D eigenvalue weighted by Gasteiger charge is -2.10. The van der Waals surface area contributed by atoms with Gasteiger partial charge < -0.3 is 10.3 Å². The second kappa shape index (κ2) is 6.31. The molecule has 3 rings (SSSR count). The first kappa shape index (κ1) is 15.4. The van der Waals surface area contributed by atoms with E-state index < -0.39 is 11.0 Å². The highest BCUT2D eigenvalue weighted by molar-refractivity contribution is 7.82. The van der Waals surface area contributed by atoms with E-state index in [1.807, 2.05) is 30.3 Å². The molecule has 7 heteroatoms. The van der Waals surface area contributed by atoms with E-state index in [0.29, 0.717) is 17.7 Å². The van der Waals surface area contributed by atoms with Gasteiger partial charge in [0.1, 0.15) is 16.6 Å². The molecule has 1 amide bonds. The molecule has 2 aromatic heterocycles. The van der Waals surface area contributed by atoms with E-state index in [-0.39, 0.29) is 0 Å². The van der Waals surface area contributed by atoms with Crippen LogP contribution in [0.15, 0.2) is 47.6 Å². The number of nitrogens with one attached hydrogen (secondary N) is 2. The summed E-state index contributed by atoms with van der Waals surface area (Å²) >= 11 is 0. The van der Waals surface area contributed by atoms with Crippen molar-refractivity contribution in [3.63, 3.8) is 0 Å². The molecule has 0 spiro atoms. The molecular weight excluding hydrogens is 312 g/mol. The Morgan fingerprint density at radius 2 is 2.09 bits per heavy atom. The number of rotatable bonds is 5. The largest absolute Gasteiger partial charge is 0.344 e. The number of hydrogen-bond donors (Lipinski definition) is 2. The van der Waals surface area contributed by atoms with Crippen molar-refractivity contribution in [3.05, 3.63) is 42.7 Å². The average molecular weight is 328 g/mol. The van der Waals surface area contributed by atoms with Crippen molar-refractivity contribution in [2.45, 2.75) is 4.90 Å². The maximum absolute atomic E-state index is 12.2. The van der Waals surface area contributed by atoms with Crippen LogP contribution < -0.4 is 5.32 Å². The Hall–Kier alpha value is -2.51. The first-order valence-electron chi connectivity index (χ1n) is 6.97. The maximum Gasteiger partial charge on any atom is 0.211 e. The minimum absolute atomic E-state index is 0.635. The number of pyridine rings is 1. The summed E-state index contributed by atoms with van der Waals surface area (Å²) in [6, 6.07) is 9.48. The van der Waals surface area contributed by atoms with Crippen LogP contribution in [0.25, 0.3) is 22.2 Å². The highest BCUT2D eigenvalue weighted by Gasteiger charge is 2.10. The van der Waals surface area contributed by atoms with E-state index in [2.05, 4.69) is 15.3 Å². The van der Waals surface area contributed by atoms with Gasteiger partial charge in [-0.05, 0) is 37.9 Å². The number of fused-ring (bicyclic) bond motifs is 1. The van der Waals surface area contributed by atoms with Crippen LogP contribution in [0.4, 0.5) is 5.69 Å². The van der Waals surface area contributed by atoms with Crippen molar-refractivity contribution in [1.29, 1.82) is 0 Å². The normalized spacial score (nSPS) is 12.5. The van der Waals surface area contributed by atoms with Crippen LogP contribution >= 0.6 is 0 Å². The zero-order valence-electron chi connectivity index (χ0n) is 12.7. The fraction of sp³-hybridized carbons (Fsp3) is 0.125. The van der Waals surface area contributed by atoms with E-state index >= 15 is 0 Å². The van der Waals surface area contributed by atoms with Crippen LogP contribution in [-0.4, -0.2) is 39.0 Å². The fourth-order valence-electron chi connectivity index (χ4n) is 2.34. The molecule has 0 aliphatic carbocycles. The van der Waals surface area contributed by atoms with Gasteiger partial charge in [-0.15, -0.1) is 0 Å². The average Bonchev–Trinajstić information content (AvgIpc) is 2.97. The molecule has 1 aromatic carbocycles. The van der Waals surface area contributed by atoms with Gasteiger partial charge in [0.2, 0.25) is 6.41 Å². The van der Waals surface area contributed by atoms with Gasteiger partial charge in [0.05, 0.1) is 10.6 Å². The second-order valence-electron chi connectivity index (χ2n) is 5.17. The van der Waals surface area contributed by atoms with Crippen LogP contribution in [0.3, 0.4) is 0 Å². The van der Waals surface area contributed by atoms with Crippen molar-refractivity contribution >= 4 is 34.1 Å². The smallest absolute Gasteiger partial charge is 0.211 e. The highest BCUT2D eigenvalue weighted by atomic mass is 32.2. The number of H-pyrrole nitrogens is 1. The highest BCUT2D eigenvalue weighted by Crippen LogP contribution is 2.28. The quantitative estimate of drug-likeness (QED) is 0.706. The SMILES string of the molecule is CN(C)S(=O)c1cccc(-c2cnc3[nH]cc(NC=O)c3c2)c1. The van der Waals surface area contributed by atoms with Gasteiger partial charge in [-0.25, -0.2) is 13.5 Å². The molecule has 0 saturated heterocycles. The summed E-state index contributed by atoms with van der Waals surface area (Å²) < 4.78 is 13.9. The molecule has 2 N–H and O–H groups in total. The van der Waals surface area contributed by atoms with Gasteiger partial charge in [0.15, 0.2) is 0 Å². The minimum Gasteiger partial charge on any atom is -0.344 e. The molecule has 0 fully saturated rings. The molecule has 3 aromatic rings. The predicted molar refractivity (Wildman–Crippen MR) is 91.3 cm³/mol. The molecule has 0 saturated carbocycles. The summed E-state index contributed by atoms with van der Waals surface area (Å²) in [4.78, 5) is 18.8. The lowest BCUT2D eigenvalue weighted by atomic mass is 10.1. The van der Waals surface area contributed by atoms with Crippen LogP contribution in [0.5, 0.6) is 0 Å². The Morgan fingerprint density at radius 1 is 1.26 bits per heavy atom. The Morgan fingerprint density at radius 3 is 2.83 bits per heavy atom. The number of amides is 1. The second-order valence-corrected chi connectivity index (χ2v) is 6.87. The zero-order valence-corrected chi connectivity index (χ0v) is 13.6. The van der Waals surface area contributed by atoms with E-state index in [0.717, 1.165) is 21.4 Å². The number of aromatic nitrogens is 2. The van der Waals surface area contributed by atoms with Crippen molar-refractivity contribution in [1.82, 2.24) is 14.3 Å². The number of nitrogens with zero attached hydrogens (tertiary/aromatic N) is 2. The molecule has 23 heavy (non-hydrogen) atoms. The molecule has 1 unspecified atom stereocenters. The van der Waals surface area contributed by atoms with Gasteiger partial charge in [0, 0.05) is 23.3 Å². The Bertz CT molecular complexity index is 889. The van der Waals surface area contributed by atoms with Crippen LogP contribution in [-0.2, 0) is 15.8 Å². The molecule has 0 bridgehead atoms. The van der Waals surface area contributed by atoms with E-state index in [1.54, 1.807) is 30.8 Å². The number of carbonyl (C=O) groups is 1. The lowest BCUT2D eigenvalue weighted by Crippen LogP contribution is -2.15. The Kier molecular flexibility index (Phi) is 4.22. The summed E-state index contributed by atoms with van der Waals surface area (Å²) in [5.41, 5.74) is 3.19. The number of aromatic amines is 1. The standard InChI is InChI=1S/C16H16N4O2S/c1-20(2)23(22)13-5-3-4-11(6-13)12-7-14-15(19-10-21)9-18-16(14)17-8-12/h3-10H,1-2H3,(H,17,18)(H,19,21). The summed E-state index contributed by atoms with van der Waals surface area (Å²) in [7, 11) is 2.34. The maximum atomic E-state index is 12.2. The van der Waals surface area contributed by atoms with Gasteiger partial charge in [-0.2, -0.15) is 0 Å². The Labute approximate surface area is 136 Å². The van der Waals surface area contributed by atoms with Crippen molar-refractivity contribution in [2.75, 3.05) is 19.4 Å². The van der Waals surface area contributed by atoms with Crippen LogP contribution in [0.2, 0.25) is 0 Å². The summed E-state index contributed by atoms with van der Waals surface area (Å²) in [5.74, 6) is 0. The zero-order chi connectivity index (χ0) is 16.4. The predicted octanol–water partition coefficient (Wildman–Crippen LogP) is 2.38. The minimum atomic E-state index is -1.20. The molecule has 0 aliphatic heterocycles. The molecule has 1 atom stereocenters. The van der Waals surface area contributed by atoms with Gasteiger partial charge >= 0.3 is 0 Å². The molecule has 118 valence electrons. The van der Waals surface area contributed by atoms with E-state index in [9.17, 15) is 9.00 Å². The van der Waals surface area contributed by atoms with Crippen LogP contribution in [0.1, 0.15) is 0 Å². The third-order valence-corrected chi connectivity index (χ3v) is 4.77. The van der Waals surface area contributed by atoms with Gasteiger partial charge in [-0.1, -0.05) is 12.1 Å². The van der Waals surface area contributed by atoms with E-state index in [4.69, 9.17) is 0 Å². The van der Waals surface area contributed by atoms with E-state index in [1.165, 1.54) is 0 Å². The summed E-state index contributed by atoms with van der Waals surface area (Å²) in [6.07, 6.45) is 4.09. The fourth-order valence-corrected chi connectivity index (χ4v) is 3.18. The Balaban J connectivity index is 2.06. The molecule has 0 aliphatic rings. The monoisotopic (exact) mass is 328 g/mol. The van der Waals surface area contributed by atoms with Crippen LogP contribution in [0, 0.1) is 0 Å². The third-order valence-electron chi connectivity index (χ3n) is 3.45. The number of benzene rings is 1. The van der Waals surface area contributed by atoms with Crippen molar-refractivity contribution in [3.8, 4) is 11.1 Å². The number of anilines is 1. The summed E-state index contributed by atoms with van der Waals surface area (Å²) in [5, 5.41) is 3.47. The molecule has 0 radical (unpaired) electrons.